The van der Waals surface area contributed by atoms with Crippen LogP contribution in [-0.2, 0) is 17.1 Å². The molecule has 4 nitrogen and oxygen atoms in total. The van der Waals surface area contributed by atoms with Crippen molar-refractivity contribution in [2.45, 2.75) is 30.8 Å². The minimum absolute atomic E-state index is 0.155. The third-order valence-corrected chi connectivity index (χ3v) is 4.22. The van der Waals surface area contributed by atoms with Crippen LogP contribution in [0.25, 0.3) is 0 Å². The molecule has 20 heavy (non-hydrogen) atoms. The van der Waals surface area contributed by atoms with Crippen molar-refractivity contribution in [3.8, 4) is 0 Å². The van der Waals surface area contributed by atoms with Crippen LogP contribution in [0.5, 0.6) is 0 Å². The first-order valence-corrected chi connectivity index (χ1v) is 7.20. The second-order valence-corrected chi connectivity index (χ2v) is 6.18. The molecule has 8 heteroatoms. The summed E-state index contributed by atoms with van der Waals surface area (Å²) in [5, 5.41) is 0. The first kappa shape index (κ1) is 15.6. The molecule has 0 radical (unpaired) electrons. The van der Waals surface area contributed by atoms with Gasteiger partial charge in [-0.3, -0.25) is 0 Å². The van der Waals surface area contributed by atoms with E-state index in [1.54, 1.807) is 6.07 Å². The zero-order valence-electron chi connectivity index (χ0n) is 10.8. The van der Waals surface area contributed by atoms with Crippen molar-refractivity contribution in [3.63, 3.8) is 0 Å². The molecule has 1 aromatic rings. The summed E-state index contributed by atoms with van der Waals surface area (Å²) in [4.78, 5) is 0. The lowest BCUT2D eigenvalue weighted by molar-refractivity contribution is -0.0385. The van der Waals surface area contributed by atoms with Gasteiger partial charge >= 0.3 is 0 Å². The summed E-state index contributed by atoms with van der Waals surface area (Å²) in [6, 6.07) is 4.40. The molecule has 1 aromatic carbocycles. The largest absolute Gasteiger partial charge is 0.579 e. The highest BCUT2D eigenvalue weighted by atomic mass is 32.2. The van der Waals surface area contributed by atoms with Crippen LogP contribution in [0.4, 0.5) is 13.2 Å². The van der Waals surface area contributed by atoms with Gasteiger partial charge in [-0.05, 0) is 19.4 Å². The highest BCUT2D eigenvalue weighted by molar-refractivity contribution is 7.87. The third-order valence-electron chi connectivity index (χ3n) is 3.32. The monoisotopic (exact) mass is 307 g/mol. The molecule has 1 fully saturated rings. The van der Waals surface area contributed by atoms with Gasteiger partial charge in [0.15, 0.2) is 0 Å². The number of hydrogen-bond acceptors (Lipinski definition) is 4. The number of hydrogen-bond donors (Lipinski definition) is 3. The van der Waals surface area contributed by atoms with Crippen LogP contribution < -0.4 is 15.2 Å². The molecule has 2 unspecified atom stereocenters. The van der Waals surface area contributed by atoms with Gasteiger partial charge in [0.05, 0.1) is 0 Å². The van der Waals surface area contributed by atoms with E-state index in [-0.39, 0.29) is 12.0 Å². The van der Waals surface area contributed by atoms with Crippen LogP contribution in [-0.4, -0.2) is 23.1 Å². The first-order chi connectivity index (χ1) is 9.22. The van der Waals surface area contributed by atoms with Gasteiger partial charge in [0.1, 0.15) is 30.0 Å². The molecular formula is C12H16F3N3OS. The molecule has 3 atom stereocenters. The van der Waals surface area contributed by atoms with Crippen molar-refractivity contribution in [2.75, 3.05) is 6.54 Å². The molecule has 0 aromatic heterocycles. The van der Waals surface area contributed by atoms with E-state index in [0.29, 0.717) is 0 Å². The van der Waals surface area contributed by atoms with Crippen molar-refractivity contribution in [3.05, 3.63) is 35.6 Å². The minimum atomic E-state index is -3.11. The normalized spacial score (nSPS) is 28.9. The molecule has 1 aliphatic rings. The summed E-state index contributed by atoms with van der Waals surface area (Å²) in [6.07, 6.45) is -0.242. The molecular weight excluding hydrogens is 291 g/mol. The Morgan fingerprint density at radius 2 is 2.15 bits per heavy atom. The summed E-state index contributed by atoms with van der Waals surface area (Å²) >= 11 is -1.74. The van der Waals surface area contributed by atoms with Crippen LogP contribution in [0.2, 0.25) is 0 Å². The van der Waals surface area contributed by atoms with Crippen LogP contribution >= 0.6 is 0 Å². The van der Waals surface area contributed by atoms with Gasteiger partial charge in [0, 0.05) is 11.1 Å². The van der Waals surface area contributed by atoms with E-state index in [1.165, 1.54) is 25.1 Å². The van der Waals surface area contributed by atoms with Gasteiger partial charge in [-0.15, -0.1) is 9.44 Å². The molecule has 1 saturated heterocycles. The average molecular weight is 307 g/mol. The summed E-state index contributed by atoms with van der Waals surface area (Å²) in [7, 11) is 0. The van der Waals surface area contributed by atoms with E-state index in [0.717, 1.165) is 0 Å². The number of rotatable bonds is 3. The summed E-state index contributed by atoms with van der Waals surface area (Å²) in [5.41, 5.74) is 4.86. The maximum atomic E-state index is 13.8. The van der Waals surface area contributed by atoms with Gasteiger partial charge in [-0.25, -0.2) is 13.2 Å². The molecule has 1 aliphatic heterocycles. The Kier molecular flexibility index (Phi) is 4.31. The smallest absolute Gasteiger partial charge is 0.284 e. The Morgan fingerprint density at radius 1 is 1.50 bits per heavy atom. The van der Waals surface area contributed by atoms with E-state index >= 15 is 0 Å². The van der Waals surface area contributed by atoms with Crippen molar-refractivity contribution in [1.29, 1.82) is 0 Å². The Balaban J connectivity index is 2.21. The van der Waals surface area contributed by atoms with Gasteiger partial charge in [0.2, 0.25) is 0 Å². The molecule has 0 amide bonds. The summed E-state index contributed by atoms with van der Waals surface area (Å²) in [5.74, 6) is -3.66. The fraction of sp³-hybridized carbons (Fsp3) is 0.500. The summed E-state index contributed by atoms with van der Waals surface area (Å²) in [6.45, 7) is 0.777. The maximum Gasteiger partial charge on any atom is 0.284 e. The van der Waals surface area contributed by atoms with Crippen molar-refractivity contribution in [2.24, 2.45) is 5.73 Å². The molecule has 112 valence electrons. The minimum Gasteiger partial charge on any atom is -0.579 e. The first-order valence-electron chi connectivity index (χ1n) is 6.05. The van der Waals surface area contributed by atoms with Gasteiger partial charge in [0.25, 0.3) is 5.92 Å². The molecule has 0 spiro atoms. The van der Waals surface area contributed by atoms with E-state index in [4.69, 9.17) is 5.73 Å². The Bertz CT molecular complexity index is 487. The van der Waals surface area contributed by atoms with Gasteiger partial charge in [-0.1, -0.05) is 18.2 Å². The Labute approximate surface area is 118 Å². The lowest BCUT2D eigenvalue weighted by Gasteiger charge is -2.37. The predicted octanol–water partition coefficient (Wildman–Crippen LogP) is 1.17. The number of benzene rings is 1. The third kappa shape index (κ3) is 3.26. The second-order valence-electron chi connectivity index (χ2n) is 5.12. The van der Waals surface area contributed by atoms with E-state index in [1.807, 2.05) is 0 Å². The van der Waals surface area contributed by atoms with E-state index in [9.17, 15) is 17.7 Å². The molecule has 4 N–H and O–H groups in total. The topological polar surface area (TPSA) is 73.1 Å². The molecule has 2 rings (SSSR count). The quantitative estimate of drug-likeness (QED) is 0.733. The molecule has 0 bridgehead atoms. The van der Waals surface area contributed by atoms with E-state index in [2.05, 4.69) is 9.44 Å². The summed E-state index contributed by atoms with van der Waals surface area (Å²) < 4.78 is 57.0. The standard InChI is InChI=1S/C12H16F3N3OS/c1-11(16,8-4-2-3-5-9(8)13)6-10-12(14,15)7-17-20(19)18-10/h2-5,10,17-18H,6-7,16H2,1H3/t10?,11-,20?/m1/s1. The average Bonchev–Trinajstić information content (AvgIpc) is 2.34. The predicted molar refractivity (Wildman–Crippen MR) is 70.6 cm³/mol. The van der Waals surface area contributed by atoms with Crippen molar-refractivity contribution >= 4 is 11.5 Å². The molecule has 0 aliphatic carbocycles. The number of nitrogens with one attached hydrogen (secondary N) is 2. The van der Waals surface area contributed by atoms with Crippen LogP contribution in [0.3, 0.4) is 0 Å². The lowest BCUT2D eigenvalue weighted by atomic mass is 9.84. The number of alkyl halides is 2. The molecule has 1 heterocycles. The fourth-order valence-electron chi connectivity index (χ4n) is 2.19. The zero-order chi connectivity index (χ0) is 15.0. The van der Waals surface area contributed by atoms with Crippen molar-refractivity contribution < 1.29 is 17.7 Å². The SMILES string of the molecule is C[C@@](N)(CC1N[S+]([O-])NCC1(F)F)c1ccccc1F. The zero-order valence-corrected chi connectivity index (χ0v) is 11.6. The van der Waals surface area contributed by atoms with Crippen LogP contribution in [0, 0.1) is 5.82 Å². The van der Waals surface area contributed by atoms with Gasteiger partial charge in [-0.2, -0.15) is 0 Å². The highest BCUT2D eigenvalue weighted by Gasteiger charge is 2.49. The maximum absolute atomic E-state index is 13.8. The van der Waals surface area contributed by atoms with Crippen LogP contribution in [0.1, 0.15) is 18.9 Å². The molecule has 0 saturated carbocycles. The van der Waals surface area contributed by atoms with E-state index < -0.39 is 41.4 Å². The van der Waals surface area contributed by atoms with Crippen LogP contribution in [0.15, 0.2) is 24.3 Å². The lowest BCUT2D eigenvalue weighted by Crippen LogP contribution is -2.63. The second kappa shape index (κ2) is 5.53. The number of halogens is 3. The van der Waals surface area contributed by atoms with Crippen molar-refractivity contribution in [1.82, 2.24) is 9.44 Å². The Hall–Kier alpha value is -0.800. The van der Waals surface area contributed by atoms with Gasteiger partial charge < -0.3 is 10.3 Å². The number of nitrogens with two attached hydrogens (primary N) is 1. The Morgan fingerprint density at radius 3 is 2.80 bits per heavy atom. The fourth-order valence-corrected chi connectivity index (χ4v) is 3.11. The highest BCUT2D eigenvalue weighted by Crippen LogP contribution is 2.32.